The Kier molecular flexibility index (Phi) is 3.45. The first-order valence-corrected chi connectivity index (χ1v) is 8.95. The molecule has 2 aliphatic rings. The largest absolute Gasteiger partial charge is 0.497 e. The summed E-state index contributed by atoms with van der Waals surface area (Å²) < 4.78 is 5.30. The van der Waals surface area contributed by atoms with Crippen molar-refractivity contribution in [1.82, 2.24) is 14.9 Å². The maximum Gasteiger partial charge on any atom is 0.119 e. The summed E-state index contributed by atoms with van der Waals surface area (Å²) in [5, 5.41) is 1.12. The Morgan fingerprint density at radius 1 is 1.16 bits per heavy atom. The van der Waals surface area contributed by atoms with E-state index >= 15 is 0 Å². The van der Waals surface area contributed by atoms with Crippen LogP contribution in [-0.4, -0.2) is 28.0 Å². The number of aromatic nitrogens is 2. The minimum atomic E-state index is 0.496. The van der Waals surface area contributed by atoms with Crippen molar-refractivity contribution in [3.05, 3.63) is 65.6 Å². The average Bonchev–Trinajstić information content (AvgIpc) is 2.93. The Morgan fingerprint density at radius 2 is 2.12 bits per heavy atom. The maximum absolute atomic E-state index is 5.30. The number of ether oxygens (including phenoxy) is 1. The zero-order valence-electron chi connectivity index (χ0n) is 14.4. The van der Waals surface area contributed by atoms with Crippen molar-refractivity contribution in [2.45, 2.75) is 37.9 Å². The SMILES string of the molecule is COc1ccc2nc(CN3[C@H]4CC[C@H]3c3cccnc3C4)ccc2c1. The molecular weight excluding hydrogens is 310 g/mol. The Labute approximate surface area is 147 Å². The summed E-state index contributed by atoms with van der Waals surface area (Å²) >= 11 is 0. The molecule has 1 fully saturated rings. The van der Waals surface area contributed by atoms with Crippen LogP contribution in [0, 0.1) is 0 Å². The second-order valence-electron chi connectivity index (χ2n) is 7.02. The van der Waals surface area contributed by atoms with Gasteiger partial charge >= 0.3 is 0 Å². The van der Waals surface area contributed by atoms with Crippen LogP contribution < -0.4 is 4.74 Å². The second kappa shape index (κ2) is 5.81. The van der Waals surface area contributed by atoms with Crippen molar-refractivity contribution >= 4 is 10.9 Å². The molecule has 0 unspecified atom stereocenters. The minimum Gasteiger partial charge on any atom is -0.497 e. The fourth-order valence-corrected chi connectivity index (χ4v) is 4.42. The number of rotatable bonds is 3. The maximum atomic E-state index is 5.30. The Bertz CT molecular complexity index is 939. The molecule has 4 heterocycles. The van der Waals surface area contributed by atoms with E-state index in [1.807, 2.05) is 24.4 Å². The standard InChI is InChI=1S/C21H21N3O/c1-25-17-7-8-19-14(11-17)4-5-15(23-19)13-24-16-6-9-21(24)18-3-2-10-22-20(18)12-16/h2-5,7-8,10-11,16,21H,6,9,12-13H2,1H3/t16-,21-/m0/s1. The Morgan fingerprint density at radius 3 is 3.04 bits per heavy atom. The second-order valence-corrected chi connectivity index (χ2v) is 7.02. The third-order valence-electron chi connectivity index (χ3n) is 5.65. The van der Waals surface area contributed by atoms with Gasteiger partial charge < -0.3 is 4.74 Å². The summed E-state index contributed by atoms with van der Waals surface area (Å²) in [4.78, 5) is 12.1. The minimum absolute atomic E-state index is 0.496. The monoisotopic (exact) mass is 331 g/mol. The van der Waals surface area contributed by atoms with E-state index in [0.29, 0.717) is 12.1 Å². The summed E-state index contributed by atoms with van der Waals surface area (Å²) in [5.74, 6) is 0.875. The van der Waals surface area contributed by atoms with Gasteiger partial charge in [0.2, 0.25) is 0 Å². The van der Waals surface area contributed by atoms with Crippen LogP contribution in [0.2, 0.25) is 0 Å². The topological polar surface area (TPSA) is 38.2 Å². The highest BCUT2D eigenvalue weighted by Gasteiger charge is 2.40. The normalized spacial score (nSPS) is 22.1. The van der Waals surface area contributed by atoms with Crippen LogP contribution in [0.25, 0.3) is 10.9 Å². The fourth-order valence-electron chi connectivity index (χ4n) is 4.42. The van der Waals surface area contributed by atoms with Crippen LogP contribution in [0.15, 0.2) is 48.7 Å². The third kappa shape index (κ3) is 2.48. The molecular formula is C21H21N3O. The molecule has 5 rings (SSSR count). The van der Waals surface area contributed by atoms with Crippen molar-refractivity contribution in [1.29, 1.82) is 0 Å². The third-order valence-corrected chi connectivity index (χ3v) is 5.65. The highest BCUT2D eigenvalue weighted by Crippen LogP contribution is 2.43. The van der Waals surface area contributed by atoms with Crippen LogP contribution in [0.5, 0.6) is 5.75 Å². The lowest BCUT2D eigenvalue weighted by atomic mass is 9.97. The lowest BCUT2D eigenvalue weighted by Gasteiger charge is -2.35. The fraction of sp³-hybridized carbons (Fsp3) is 0.333. The molecule has 126 valence electrons. The van der Waals surface area contributed by atoms with Gasteiger partial charge in [0.15, 0.2) is 0 Å². The van der Waals surface area contributed by atoms with Gasteiger partial charge in [-0.25, -0.2) is 0 Å². The molecule has 1 saturated heterocycles. The van der Waals surface area contributed by atoms with Gasteiger partial charge in [0, 0.05) is 42.3 Å². The van der Waals surface area contributed by atoms with Gasteiger partial charge in [0.1, 0.15) is 5.75 Å². The number of methoxy groups -OCH3 is 1. The molecule has 0 N–H and O–H groups in total. The molecule has 3 aromatic rings. The zero-order chi connectivity index (χ0) is 16.8. The van der Waals surface area contributed by atoms with E-state index in [4.69, 9.17) is 9.72 Å². The van der Waals surface area contributed by atoms with E-state index in [1.165, 1.54) is 24.1 Å². The van der Waals surface area contributed by atoms with E-state index in [0.717, 1.165) is 35.3 Å². The summed E-state index contributed by atoms with van der Waals surface area (Å²) in [6.45, 7) is 0.908. The smallest absolute Gasteiger partial charge is 0.119 e. The first kappa shape index (κ1) is 14.8. The molecule has 2 atom stereocenters. The quantitative estimate of drug-likeness (QED) is 0.729. The lowest BCUT2D eigenvalue weighted by Crippen LogP contribution is -2.37. The summed E-state index contributed by atoms with van der Waals surface area (Å²) in [6.07, 6.45) is 5.48. The van der Waals surface area contributed by atoms with E-state index in [2.05, 4.69) is 34.1 Å². The van der Waals surface area contributed by atoms with E-state index in [-0.39, 0.29) is 0 Å². The molecule has 25 heavy (non-hydrogen) atoms. The number of nitrogens with zero attached hydrogens (tertiary/aromatic N) is 3. The molecule has 4 heteroatoms. The highest BCUT2D eigenvalue weighted by molar-refractivity contribution is 5.80. The molecule has 0 aliphatic carbocycles. The van der Waals surface area contributed by atoms with Gasteiger partial charge in [-0.3, -0.25) is 14.9 Å². The zero-order valence-corrected chi connectivity index (χ0v) is 14.4. The molecule has 0 amide bonds. The van der Waals surface area contributed by atoms with Gasteiger partial charge in [0.25, 0.3) is 0 Å². The molecule has 4 nitrogen and oxygen atoms in total. The highest BCUT2D eigenvalue weighted by atomic mass is 16.5. The number of pyridine rings is 2. The molecule has 2 aromatic heterocycles. The van der Waals surface area contributed by atoms with E-state index in [9.17, 15) is 0 Å². The number of benzene rings is 1. The summed E-state index contributed by atoms with van der Waals surface area (Å²) in [6, 6.07) is 15.8. The van der Waals surface area contributed by atoms with Crippen LogP contribution in [-0.2, 0) is 13.0 Å². The number of hydrogen-bond donors (Lipinski definition) is 0. The van der Waals surface area contributed by atoms with Crippen LogP contribution in [0.1, 0.15) is 35.8 Å². The van der Waals surface area contributed by atoms with E-state index in [1.54, 1.807) is 7.11 Å². The molecule has 2 bridgehead atoms. The number of fused-ring (bicyclic) bond motifs is 5. The molecule has 1 aromatic carbocycles. The van der Waals surface area contributed by atoms with Crippen molar-refractivity contribution in [3.8, 4) is 5.75 Å². The summed E-state index contributed by atoms with van der Waals surface area (Å²) in [5.41, 5.74) is 4.89. The molecule has 0 radical (unpaired) electrons. The van der Waals surface area contributed by atoms with Crippen LogP contribution in [0.4, 0.5) is 0 Å². The number of hydrogen-bond acceptors (Lipinski definition) is 4. The lowest BCUT2D eigenvalue weighted by molar-refractivity contribution is 0.164. The summed E-state index contributed by atoms with van der Waals surface area (Å²) in [7, 11) is 1.70. The van der Waals surface area contributed by atoms with Crippen molar-refractivity contribution < 1.29 is 4.74 Å². The van der Waals surface area contributed by atoms with Gasteiger partial charge in [-0.1, -0.05) is 12.1 Å². The Hall–Kier alpha value is -2.46. The Balaban J connectivity index is 1.45. The first-order valence-electron chi connectivity index (χ1n) is 8.95. The van der Waals surface area contributed by atoms with Crippen molar-refractivity contribution in [3.63, 3.8) is 0 Å². The average molecular weight is 331 g/mol. The van der Waals surface area contributed by atoms with E-state index < -0.39 is 0 Å². The van der Waals surface area contributed by atoms with Gasteiger partial charge in [-0.15, -0.1) is 0 Å². The van der Waals surface area contributed by atoms with Crippen molar-refractivity contribution in [2.24, 2.45) is 0 Å². The predicted octanol–water partition coefficient (Wildman–Crippen LogP) is 3.90. The first-order chi connectivity index (χ1) is 12.3. The van der Waals surface area contributed by atoms with Gasteiger partial charge in [-0.2, -0.15) is 0 Å². The predicted molar refractivity (Wildman–Crippen MR) is 97.5 cm³/mol. The van der Waals surface area contributed by atoms with Crippen LogP contribution in [0.3, 0.4) is 0 Å². The van der Waals surface area contributed by atoms with Crippen LogP contribution >= 0.6 is 0 Å². The van der Waals surface area contributed by atoms with Gasteiger partial charge in [-0.05, 0) is 48.7 Å². The van der Waals surface area contributed by atoms with Crippen molar-refractivity contribution in [2.75, 3.05) is 7.11 Å². The molecule has 0 spiro atoms. The van der Waals surface area contributed by atoms with Gasteiger partial charge in [0.05, 0.1) is 18.3 Å². The molecule has 0 saturated carbocycles. The molecule has 2 aliphatic heterocycles.